The Morgan fingerprint density at radius 1 is 1.64 bits per heavy atom. The van der Waals surface area contributed by atoms with Gasteiger partial charge in [0.15, 0.2) is 0 Å². The van der Waals surface area contributed by atoms with Crippen LogP contribution < -0.4 is 0 Å². The van der Waals surface area contributed by atoms with Crippen LogP contribution in [-0.4, -0.2) is 13.3 Å². The Morgan fingerprint density at radius 2 is 2.55 bits per heavy atom. The van der Waals surface area contributed by atoms with Gasteiger partial charge in [-0.3, -0.25) is 0 Å². The maximum Gasteiger partial charge on any atom is 0.126 e. The molecule has 0 fully saturated rings. The van der Waals surface area contributed by atoms with Gasteiger partial charge in [0.1, 0.15) is 12.9 Å². The summed E-state index contributed by atoms with van der Waals surface area (Å²) in [6, 6.07) is 3.68. The van der Waals surface area contributed by atoms with Gasteiger partial charge in [0.25, 0.3) is 0 Å². The molecule has 0 aliphatic heterocycles. The van der Waals surface area contributed by atoms with Crippen molar-refractivity contribution in [3.05, 3.63) is 30.2 Å². The highest BCUT2D eigenvalue weighted by Crippen LogP contribution is 2.00. The average Bonchev–Trinajstić information content (AvgIpc) is 2.50. The SMILES string of the molecule is CO/N=C/C=C/c1ccco1. The molecule has 11 heavy (non-hydrogen) atoms. The fraction of sp³-hybridized carbons (Fsp3) is 0.125. The minimum atomic E-state index is 0.799. The molecule has 0 unspecified atom stereocenters. The molecule has 0 N–H and O–H groups in total. The van der Waals surface area contributed by atoms with Gasteiger partial charge in [-0.25, -0.2) is 0 Å². The maximum absolute atomic E-state index is 5.02. The van der Waals surface area contributed by atoms with E-state index in [4.69, 9.17) is 4.42 Å². The van der Waals surface area contributed by atoms with Crippen LogP contribution in [0.25, 0.3) is 6.08 Å². The lowest BCUT2D eigenvalue weighted by Crippen LogP contribution is -1.68. The molecule has 1 rings (SSSR count). The van der Waals surface area contributed by atoms with Crippen molar-refractivity contribution >= 4 is 12.3 Å². The summed E-state index contributed by atoms with van der Waals surface area (Å²) in [5.74, 6) is 0.799. The molecule has 3 heteroatoms. The lowest BCUT2D eigenvalue weighted by atomic mass is 10.4. The zero-order valence-electron chi connectivity index (χ0n) is 6.23. The molecule has 58 valence electrons. The molecule has 1 aromatic heterocycles. The minimum Gasteiger partial charge on any atom is -0.465 e. The minimum absolute atomic E-state index is 0.799. The van der Waals surface area contributed by atoms with Crippen LogP contribution in [0.3, 0.4) is 0 Å². The lowest BCUT2D eigenvalue weighted by Gasteiger charge is -1.80. The average molecular weight is 151 g/mol. The van der Waals surface area contributed by atoms with Gasteiger partial charge < -0.3 is 9.25 Å². The Bertz CT molecular complexity index is 237. The number of hydrogen-bond acceptors (Lipinski definition) is 3. The van der Waals surface area contributed by atoms with Crippen molar-refractivity contribution in [3.63, 3.8) is 0 Å². The van der Waals surface area contributed by atoms with Crippen molar-refractivity contribution in [2.75, 3.05) is 7.11 Å². The van der Waals surface area contributed by atoms with E-state index in [9.17, 15) is 0 Å². The molecule has 0 aromatic carbocycles. The van der Waals surface area contributed by atoms with E-state index in [0.717, 1.165) is 5.76 Å². The van der Waals surface area contributed by atoms with Crippen molar-refractivity contribution in [1.82, 2.24) is 0 Å². The third-order valence-corrected chi connectivity index (χ3v) is 1.06. The molecule has 1 heterocycles. The molecule has 0 saturated carbocycles. The smallest absolute Gasteiger partial charge is 0.126 e. The normalized spacial score (nSPS) is 11.4. The van der Waals surface area contributed by atoms with Crippen LogP contribution >= 0.6 is 0 Å². The van der Waals surface area contributed by atoms with Crippen LogP contribution in [0.1, 0.15) is 5.76 Å². The van der Waals surface area contributed by atoms with Crippen LogP contribution in [0.2, 0.25) is 0 Å². The topological polar surface area (TPSA) is 34.7 Å². The molecule has 0 spiro atoms. The molecule has 3 nitrogen and oxygen atoms in total. The zero-order chi connectivity index (χ0) is 7.94. The molecular formula is C8H9NO2. The van der Waals surface area contributed by atoms with Crippen LogP contribution in [0, 0.1) is 0 Å². The first-order valence-electron chi connectivity index (χ1n) is 3.20. The van der Waals surface area contributed by atoms with Gasteiger partial charge in [0.05, 0.1) is 12.5 Å². The number of nitrogens with zero attached hydrogens (tertiary/aromatic N) is 1. The number of furan rings is 1. The fourth-order valence-corrected chi connectivity index (χ4v) is 0.620. The highest BCUT2D eigenvalue weighted by atomic mass is 16.6. The highest BCUT2D eigenvalue weighted by Gasteiger charge is 1.83. The van der Waals surface area contributed by atoms with Crippen molar-refractivity contribution in [1.29, 1.82) is 0 Å². The highest BCUT2D eigenvalue weighted by molar-refractivity contribution is 5.76. The van der Waals surface area contributed by atoms with E-state index in [1.54, 1.807) is 24.6 Å². The quantitative estimate of drug-likeness (QED) is 0.488. The third kappa shape index (κ3) is 2.71. The second-order valence-corrected chi connectivity index (χ2v) is 1.81. The largest absolute Gasteiger partial charge is 0.465 e. The van der Waals surface area contributed by atoms with Crippen LogP contribution in [0.5, 0.6) is 0 Å². The molecule has 0 saturated heterocycles. The van der Waals surface area contributed by atoms with Crippen molar-refractivity contribution in [2.24, 2.45) is 5.16 Å². The molecule has 0 bridgehead atoms. The molecule has 0 aliphatic carbocycles. The Morgan fingerprint density at radius 3 is 3.18 bits per heavy atom. The maximum atomic E-state index is 5.02. The van der Waals surface area contributed by atoms with Gasteiger partial charge >= 0.3 is 0 Å². The van der Waals surface area contributed by atoms with Crippen LogP contribution in [-0.2, 0) is 4.84 Å². The number of allylic oxidation sites excluding steroid dienone is 1. The van der Waals surface area contributed by atoms with E-state index in [-0.39, 0.29) is 0 Å². The Balaban J connectivity index is 2.43. The predicted molar refractivity (Wildman–Crippen MR) is 43.2 cm³/mol. The summed E-state index contributed by atoms with van der Waals surface area (Å²) in [5.41, 5.74) is 0. The van der Waals surface area contributed by atoms with E-state index in [1.807, 2.05) is 12.1 Å². The Hall–Kier alpha value is -1.51. The number of rotatable bonds is 3. The third-order valence-electron chi connectivity index (χ3n) is 1.06. The Kier molecular flexibility index (Phi) is 2.99. The first kappa shape index (κ1) is 7.60. The molecule has 0 atom stereocenters. The van der Waals surface area contributed by atoms with E-state index < -0.39 is 0 Å². The lowest BCUT2D eigenvalue weighted by molar-refractivity contribution is 0.215. The first-order valence-corrected chi connectivity index (χ1v) is 3.20. The first-order chi connectivity index (χ1) is 5.43. The van der Waals surface area contributed by atoms with Gasteiger partial charge in [0.2, 0.25) is 0 Å². The summed E-state index contributed by atoms with van der Waals surface area (Å²) in [5, 5.41) is 3.52. The fourth-order valence-electron chi connectivity index (χ4n) is 0.620. The molecule has 0 aliphatic rings. The molecular weight excluding hydrogens is 142 g/mol. The summed E-state index contributed by atoms with van der Waals surface area (Å²) in [4.78, 5) is 4.45. The zero-order valence-corrected chi connectivity index (χ0v) is 6.23. The van der Waals surface area contributed by atoms with Gasteiger partial charge in [-0.2, -0.15) is 0 Å². The molecule has 0 radical (unpaired) electrons. The Labute approximate surface area is 65.0 Å². The van der Waals surface area contributed by atoms with Crippen molar-refractivity contribution in [3.8, 4) is 0 Å². The van der Waals surface area contributed by atoms with Crippen molar-refractivity contribution in [2.45, 2.75) is 0 Å². The van der Waals surface area contributed by atoms with Crippen LogP contribution in [0.15, 0.2) is 34.0 Å². The number of oxime groups is 1. The van der Waals surface area contributed by atoms with E-state index >= 15 is 0 Å². The second kappa shape index (κ2) is 4.33. The van der Waals surface area contributed by atoms with E-state index in [0.29, 0.717) is 0 Å². The summed E-state index contributed by atoms with van der Waals surface area (Å²) < 4.78 is 5.02. The summed E-state index contributed by atoms with van der Waals surface area (Å²) >= 11 is 0. The molecule has 0 amide bonds. The van der Waals surface area contributed by atoms with Gasteiger partial charge in [-0.1, -0.05) is 5.16 Å². The monoisotopic (exact) mass is 151 g/mol. The summed E-state index contributed by atoms with van der Waals surface area (Å²) in [6.45, 7) is 0. The summed E-state index contributed by atoms with van der Waals surface area (Å²) in [7, 11) is 1.50. The van der Waals surface area contributed by atoms with Crippen molar-refractivity contribution < 1.29 is 9.25 Å². The van der Waals surface area contributed by atoms with Crippen LogP contribution in [0.4, 0.5) is 0 Å². The second-order valence-electron chi connectivity index (χ2n) is 1.81. The van der Waals surface area contributed by atoms with Gasteiger partial charge in [-0.05, 0) is 24.3 Å². The van der Waals surface area contributed by atoms with Gasteiger partial charge in [-0.15, -0.1) is 0 Å². The number of hydrogen-bond donors (Lipinski definition) is 0. The molecule has 1 aromatic rings. The van der Waals surface area contributed by atoms with Gasteiger partial charge in [0, 0.05) is 0 Å². The predicted octanol–water partition coefficient (Wildman–Crippen LogP) is 1.93. The van der Waals surface area contributed by atoms with E-state index in [2.05, 4.69) is 9.99 Å². The van der Waals surface area contributed by atoms with E-state index in [1.165, 1.54) is 7.11 Å². The standard InChI is InChI=1S/C8H9NO2/c1-10-9-6-2-4-8-5-3-7-11-8/h2-7H,1H3/b4-2+,9-6+. The summed E-state index contributed by atoms with van der Waals surface area (Å²) in [6.07, 6.45) is 6.69.